The number of anilines is 1. The van der Waals surface area contributed by atoms with Gasteiger partial charge in [-0.1, -0.05) is 23.2 Å². The standard InChI is InChI=1S/C16H16Cl2F4N2O/c1-9(13(25)23-12-8-10(17)2-3-11(12)18)24-6-4-14(5-7-24)15(19,20)16(14,21)22/h2-3,8-9H,4-7H2,1H3,(H,23,25). The minimum absolute atomic E-state index is 0.00302. The van der Waals surface area contributed by atoms with Crippen molar-refractivity contribution in [2.24, 2.45) is 5.41 Å². The van der Waals surface area contributed by atoms with E-state index in [1.54, 1.807) is 17.9 Å². The van der Waals surface area contributed by atoms with Gasteiger partial charge in [0.1, 0.15) is 5.41 Å². The van der Waals surface area contributed by atoms with E-state index < -0.39 is 29.2 Å². The second kappa shape index (κ2) is 5.99. The van der Waals surface area contributed by atoms with Crippen molar-refractivity contribution in [1.82, 2.24) is 4.90 Å². The topological polar surface area (TPSA) is 32.3 Å². The zero-order valence-electron chi connectivity index (χ0n) is 13.3. The minimum atomic E-state index is -3.95. The first kappa shape index (κ1) is 18.7. The molecule has 0 radical (unpaired) electrons. The summed E-state index contributed by atoms with van der Waals surface area (Å²) in [5, 5.41) is 3.32. The van der Waals surface area contributed by atoms with Gasteiger partial charge in [-0.05, 0) is 51.1 Å². The molecule has 1 amide bonds. The average Bonchev–Trinajstić information content (AvgIpc) is 2.88. The molecule has 2 aliphatic rings. The predicted octanol–water partition coefficient (Wildman–Crippen LogP) is 4.69. The highest BCUT2D eigenvalue weighted by Gasteiger charge is 2.95. The van der Waals surface area contributed by atoms with Gasteiger partial charge in [0.05, 0.1) is 16.8 Å². The molecule has 3 nitrogen and oxygen atoms in total. The lowest BCUT2D eigenvalue weighted by Gasteiger charge is -2.35. The molecule has 1 atom stereocenters. The molecule has 1 aromatic rings. The summed E-state index contributed by atoms with van der Waals surface area (Å²) in [7, 11) is 0. The summed E-state index contributed by atoms with van der Waals surface area (Å²) in [6.45, 7) is 1.60. The molecule has 1 aliphatic carbocycles. The summed E-state index contributed by atoms with van der Waals surface area (Å²) in [4.78, 5) is 14.0. The summed E-state index contributed by atoms with van der Waals surface area (Å²) in [6.07, 6.45) is -0.689. The zero-order chi connectivity index (χ0) is 18.6. The van der Waals surface area contributed by atoms with Gasteiger partial charge in [-0.2, -0.15) is 17.6 Å². The minimum Gasteiger partial charge on any atom is -0.323 e. The number of hydrogen-bond donors (Lipinski definition) is 1. The Kier molecular flexibility index (Phi) is 4.49. The molecule has 1 aliphatic heterocycles. The second-order valence-electron chi connectivity index (χ2n) is 6.56. The zero-order valence-corrected chi connectivity index (χ0v) is 14.8. The molecule has 0 aromatic heterocycles. The fourth-order valence-corrected chi connectivity index (χ4v) is 3.78. The van der Waals surface area contributed by atoms with Crippen LogP contribution in [0.15, 0.2) is 18.2 Å². The van der Waals surface area contributed by atoms with Crippen molar-refractivity contribution < 1.29 is 22.4 Å². The van der Waals surface area contributed by atoms with Crippen molar-refractivity contribution in [2.75, 3.05) is 18.4 Å². The van der Waals surface area contributed by atoms with Gasteiger partial charge < -0.3 is 5.32 Å². The van der Waals surface area contributed by atoms with Crippen molar-refractivity contribution in [3.63, 3.8) is 0 Å². The van der Waals surface area contributed by atoms with Gasteiger partial charge in [0.2, 0.25) is 5.91 Å². The van der Waals surface area contributed by atoms with Crippen LogP contribution in [0.5, 0.6) is 0 Å². The quantitative estimate of drug-likeness (QED) is 0.749. The molecule has 0 bridgehead atoms. The number of alkyl halides is 4. The fourth-order valence-electron chi connectivity index (χ4n) is 3.44. The Morgan fingerprint density at radius 2 is 1.72 bits per heavy atom. The van der Waals surface area contributed by atoms with Gasteiger partial charge in [0.25, 0.3) is 0 Å². The Balaban J connectivity index is 1.62. The first-order chi connectivity index (χ1) is 11.5. The molecule has 1 saturated carbocycles. The number of rotatable bonds is 3. The van der Waals surface area contributed by atoms with E-state index in [0.29, 0.717) is 15.7 Å². The summed E-state index contributed by atoms with van der Waals surface area (Å²) in [5.41, 5.74) is -1.91. The third-order valence-electron chi connectivity index (χ3n) is 5.30. The van der Waals surface area contributed by atoms with Crippen molar-refractivity contribution in [1.29, 1.82) is 0 Å². The lowest BCUT2D eigenvalue weighted by atomic mass is 9.91. The van der Waals surface area contributed by atoms with E-state index in [0.717, 1.165) is 0 Å². The van der Waals surface area contributed by atoms with E-state index in [1.165, 1.54) is 12.1 Å². The van der Waals surface area contributed by atoms with Gasteiger partial charge in [0.15, 0.2) is 0 Å². The number of amides is 1. The summed E-state index contributed by atoms with van der Waals surface area (Å²) in [5.74, 6) is -8.31. The maximum atomic E-state index is 13.4. The first-order valence-corrected chi connectivity index (χ1v) is 8.55. The number of carbonyl (C=O) groups is 1. The molecule has 138 valence electrons. The molecular weight excluding hydrogens is 383 g/mol. The van der Waals surface area contributed by atoms with E-state index >= 15 is 0 Å². The molecule has 9 heteroatoms. The predicted molar refractivity (Wildman–Crippen MR) is 87.7 cm³/mol. The van der Waals surface area contributed by atoms with Gasteiger partial charge in [-0.25, -0.2) is 0 Å². The van der Waals surface area contributed by atoms with E-state index in [2.05, 4.69) is 5.32 Å². The van der Waals surface area contributed by atoms with E-state index in [1.807, 2.05) is 0 Å². The van der Waals surface area contributed by atoms with Crippen LogP contribution in [-0.2, 0) is 4.79 Å². The van der Waals surface area contributed by atoms with Gasteiger partial charge in [-0.3, -0.25) is 9.69 Å². The maximum absolute atomic E-state index is 13.4. The highest BCUT2D eigenvalue weighted by Crippen LogP contribution is 2.76. The number of benzene rings is 1. The summed E-state index contributed by atoms with van der Waals surface area (Å²) < 4.78 is 53.7. The Labute approximate surface area is 152 Å². The Bertz CT molecular complexity index is 689. The van der Waals surface area contributed by atoms with E-state index in [4.69, 9.17) is 23.2 Å². The molecule has 2 fully saturated rings. The number of halogens is 6. The number of likely N-dealkylation sites (tertiary alicyclic amines) is 1. The lowest BCUT2D eigenvalue weighted by molar-refractivity contribution is -0.121. The number of nitrogens with one attached hydrogen (secondary N) is 1. The molecule has 1 unspecified atom stereocenters. The van der Waals surface area contributed by atoms with Crippen molar-refractivity contribution in [3.05, 3.63) is 28.2 Å². The Morgan fingerprint density at radius 3 is 2.24 bits per heavy atom. The van der Waals surface area contributed by atoms with Crippen LogP contribution in [0, 0.1) is 5.41 Å². The molecule has 3 rings (SSSR count). The van der Waals surface area contributed by atoms with Crippen LogP contribution in [0.2, 0.25) is 10.0 Å². The molecule has 1 N–H and O–H groups in total. The number of carbonyl (C=O) groups excluding carboxylic acids is 1. The normalized spacial score (nSPS) is 24.8. The second-order valence-corrected chi connectivity index (χ2v) is 7.40. The monoisotopic (exact) mass is 398 g/mol. The fraction of sp³-hybridized carbons (Fsp3) is 0.562. The third kappa shape index (κ3) is 2.71. The maximum Gasteiger partial charge on any atom is 0.322 e. The largest absolute Gasteiger partial charge is 0.323 e. The van der Waals surface area contributed by atoms with Crippen LogP contribution in [-0.4, -0.2) is 41.8 Å². The summed E-state index contributed by atoms with van der Waals surface area (Å²) in [6, 6.07) is 3.92. The van der Waals surface area contributed by atoms with E-state index in [9.17, 15) is 22.4 Å². The number of hydrogen-bond acceptors (Lipinski definition) is 2. The highest BCUT2D eigenvalue weighted by atomic mass is 35.5. The van der Waals surface area contributed by atoms with Crippen LogP contribution in [0.3, 0.4) is 0 Å². The van der Waals surface area contributed by atoms with Crippen molar-refractivity contribution in [2.45, 2.75) is 37.7 Å². The molecule has 1 saturated heterocycles. The van der Waals surface area contributed by atoms with Crippen LogP contribution < -0.4 is 5.32 Å². The Morgan fingerprint density at radius 1 is 1.16 bits per heavy atom. The van der Waals surface area contributed by atoms with Crippen LogP contribution in [0.25, 0.3) is 0 Å². The lowest BCUT2D eigenvalue weighted by Crippen LogP contribution is -2.47. The first-order valence-electron chi connectivity index (χ1n) is 7.79. The molecular formula is C16H16Cl2F4N2O. The Hall–Kier alpha value is -1.05. The number of nitrogens with zero attached hydrogens (tertiary/aromatic N) is 1. The van der Waals surface area contributed by atoms with Crippen molar-refractivity contribution >= 4 is 34.8 Å². The molecule has 1 spiro atoms. The average molecular weight is 399 g/mol. The van der Waals surface area contributed by atoms with Gasteiger partial charge in [0, 0.05) is 5.02 Å². The van der Waals surface area contributed by atoms with Crippen LogP contribution >= 0.6 is 23.2 Å². The summed E-state index contributed by atoms with van der Waals surface area (Å²) >= 11 is 11.8. The molecule has 25 heavy (non-hydrogen) atoms. The van der Waals surface area contributed by atoms with Gasteiger partial charge >= 0.3 is 11.8 Å². The van der Waals surface area contributed by atoms with Crippen molar-refractivity contribution in [3.8, 4) is 0 Å². The SMILES string of the molecule is CC(C(=O)Nc1cc(Cl)ccc1Cl)N1CCC2(CC1)C(F)(F)C2(F)F. The molecule has 1 heterocycles. The number of piperidine rings is 1. The van der Waals surface area contributed by atoms with Crippen LogP contribution in [0.4, 0.5) is 23.2 Å². The van der Waals surface area contributed by atoms with Crippen LogP contribution in [0.1, 0.15) is 19.8 Å². The highest BCUT2D eigenvalue weighted by molar-refractivity contribution is 6.35. The van der Waals surface area contributed by atoms with Gasteiger partial charge in [-0.15, -0.1) is 0 Å². The van der Waals surface area contributed by atoms with E-state index in [-0.39, 0.29) is 25.9 Å². The third-order valence-corrected chi connectivity index (χ3v) is 5.86. The smallest absolute Gasteiger partial charge is 0.322 e. The molecule has 1 aromatic carbocycles.